The third-order valence-electron chi connectivity index (χ3n) is 4.07. The van der Waals surface area contributed by atoms with E-state index >= 15 is 0 Å². The van der Waals surface area contributed by atoms with Crippen molar-refractivity contribution in [1.82, 2.24) is 14.7 Å². The molecule has 21 heavy (non-hydrogen) atoms. The normalized spacial score (nSPS) is 17.5. The minimum absolute atomic E-state index is 0.0857. The summed E-state index contributed by atoms with van der Waals surface area (Å²) in [5.74, 6) is -0.947. The molecule has 3 N–H and O–H groups in total. The monoisotopic (exact) mass is 309 g/mol. The topological polar surface area (TPSA) is 112 Å². The highest BCUT2D eigenvalue weighted by atomic mass is 32.2. The van der Waals surface area contributed by atoms with Crippen LogP contribution in [0, 0.1) is 5.41 Å². The van der Waals surface area contributed by atoms with Crippen LogP contribution >= 0.6 is 0 Å². The average molecular weight is 309 g/mol. The first kappa shape index (κ1) is 14.0. The summed E-state index contributed by atoms with van der Waals surface area (Å²) in [6.45, 7) is -0.0857. The molecule has 1 fully saturated rings. The number of pyridine rings is 1. The Labute approximate surface area is 121 Å². The van der Waals surface area contributed by atoms with E-state index in [4.69, 9.17) is 0 Å². The largest absolute Gasteiger partial charge is 0.481 e. The van der Waals surface area contributed by atoms with E-state index in [2.05, 4.69) is 14.7 Å². The van der Waals surface area contributed by atoms with Crippen LogP contribution in [0.4, 0.5) is 0 Å². The number of carboxylic acid groups (broad SMARTS) is 1. The lowest BCUT2D eigenvalue weighted by molar-refractivity contribution is -0.153. The number of rotatable bonds is 5. The van der Waals surface area contributed by atoms with Crippen LogP contribution in [0.25, 0.3) is 11.0 Å². The zero-order chi connectivity index (χ0) is 15.1. The van der Waals surface area contributed by atoms with Crippen molar-refractivity contribution >= 4 is 27.0 Å². The van der Waals surface area contributed by atoms with Crippen molar-refractivity contribution in [2.75, 3.05) is 6.54 Å². The number of nitrogens with zero attached hydrogens (tertiary/aromatic N) is 1. The Morgan fingerprint density at radius 2 is 2.24 bits per heavy atom. The average Bonchev–Trinajstić information content (AvgIpc) is 2.81. The lowest BCUT2D eigenvalue weighted by atomic mass is 9.69. The highest BCUT2D eigenvalue weighted by Gasteiger charge is 2.45. The van der Waals surface area contributed by atoms with E-state index in [1.165, 1.54) is 6.20 Å². The molecule has 112 valence electrons. The van der Waals surface area contributed by atoms with Gasteiger partial charge in [0, 0.05) is 24.3 Å². The number of aliphatic carboxylic acids is 1. The molecule has 0 aliphatic heterocycles. The second kappa shape index (κ2) is 4.81. The van der Waals surface area contributed by atoms with E-state index < -0.39 is 21.4 Å². The third kappa shape index (κ3) is 2.30. The fourth-order valence-corrected chi connectivity index (χ4v) is 3.82. The molecule has 0 bridgehead atoms. The Morgan fingerprint density at radius 1 is 1.48 bits per heavy atom. The van der Waals surface area contributed by atoms with Gasteiger partial charge >= 0.3 is 5.97 Å². The van der Waals surface area contributed by atoms with E-state index in [0.717, 1.165) is 6.42 Å². The van der Waals surface area contributed by atoms with Crippen molar-refractivity contribution in [1.29, 1.82) is 0 Å². The predicted octanol–water partition coefficient (Wildman–Crippen LogP) is 1.10. The van der Waals surface area contributed by atoms with Gasteiger partial charge in [-0.05, 0) is 25.0 Å². The molecule has 8 heteroatoms. The number of hydrogen-bond acceptors (Lipinski definition) is 4. The molecular weight excluding hydrogens is 294 g/mol. The van der Waals surface area contributed by atoms with Crippen molar-refractivity contribution in [3.8, 4) is 0 Å². The number of H-pyrrole nitrogens is 1. The Kier molecular flexibility index (Phi) is 3.22. The summed E-state index contributed by atoms with van der Waals surface area (Å²) < 4.78 is 27.2. The highest BCUT2D eigenvalue weighted by molar-refractivity contribution is 7.89. The molecule has 2 aromatic rings. The van der Waals surface area contributed by atoms with Crippen LogP contribution in [0.5, 0.6) is 0 Å². The van der Waals surface area contributed by atoms with Gasteiger partial charge in [-0.15, -0.1) is 0 Å². The van der Waals surface area contributed by atoms with E-state index in [1.54, 1.807) is 18.3 Å². The summed E-state index contributed by atoms with van der Waals surface area (Å²) >= 11 is 0. The molecule has 0 radical (unpaired) electrons. The minimum atomic E-state index is -3.77. The summed E-state index contributed by atoms with van der Waals surface area (Å²) in [4.78, 5) is 18.2. The minimum Gasteiger partial charge on any atom is -0.481 e. The molecule has 1 aliphatic carbocycles. The molecule has 0 saturated heterocycles. The molecular formula is C13H15N3O4S. The van der Waals surface area contributed by atoms with Gasteiger partial charge in [0.2, 0.25) is 10.0 Å². The van der Waals surface area contributed by atoms with Crippen molar-refractivity contribution in [2.45, 2.75) is 24.2 Å². The summed E-state index contributed by atoms with van der Waals surface area (Å²) in [6, 6.07) is 3.31. The van der Waals surface area contributed by atoms with Gasteiger partial charge in [-0.1, -0.05) is 6.42 Å². The second-order valence-corrected chi connectivity index (χ2v) is 7.05. The molecule has 1 aliphatic rings. The summed E-state index contributed by atoms with van der Waals surface area (Å²) in [7, 11) is -3.77. The van der Waals surface area contributed by atoms with E-state index in [-0.39, 0.29) is 11.4 Å². The predicted molar refractivity (Wildman–Crippen MR) is 75.2 cm³/mol. The number of nitrogens with one attached hydrogen (secondary N) is 2. The Bertz CT molecular complexity index is 793. The number of aromatic amines is 1. The van der Waals surface area contributed by atoms with Gasteiger partial charge in [0.15, 0.2) is 0 Å². The molecule has 2 heterocycles. The van der Waals surface area contributed by atoms with Gasteiger partial charge in [0.05, 0.1) is 5.41 Å². The molecule has 0 unspecified atom stereocenters. The van der Waals surface area contributed by atoms with Gasteiger partial charge < -0.3 is 10.1 Å². The molecule has 0 amide bonds. The number of sulfonamides is 1. The van der Waals surface area contributed by atoms with Crippen molar-refractivity contribution in [3.05, 3.63) is 24.5 Å². The zero-order valence-electron chi connectivity index (χ0n) is 11.2. The maximum absolute atomic E-state index is 12.4. The number of carboxylic acids is 1. The first-order valence-corrected chi connectivity index (χ1v) is 8.08. The van der Waals surface area contributed by atoms with Gasteiger partial charge in [0.1, 0.15) is 10.5 Å². The molecule has 0 aromatic carbocycles. The third-order valence-corrected chi connectivity index (χ3v) is 5.51. The molecule has 0 atom stereocenters. The zero-order valence-corrected chi connectivity index (χ0v) is 12.0. The van der Waals surface area contributed by atoms with E-state index in [9.17, 15) is 18.3 Å². The number of fused-ring (bicyclic) bond motifs is 1. The van der Waals surface area contributed by atoms with Crippen LogP contribution in [0.1, 0.15) is 19.3 Å². The number of aromatic nitrogens is 2. The fourth-order valence-electron chi connectivity index (χ4n) is 2.53. The van der Waals surface area contributed by atoms with Crippen LogP contribution < -0.4 is 4.72 Å². The van der Waals surface area contributed by atoms with Crippen LogP contribution in [0.3, 0.4) is 0 Å². The standard InChI is InChI=1S/C13H15N3O4S/c17-12(18)13(4-2-5-13)8-16-21(19,20)10-7-15-11-9(10)3-1-6-14-11/h1,3,6-7,16H,2,4-5,8H2,(H,14,15)(H,17,18). The Hall–Kier alpha value is -1.93. The van der Waals surface area contributed by atoms with Crippen LogP contribution in [-0.4, -0.2) is 36.0 Å². The number of hydrogen-bond donors (Lipinski definition) is 3. The lowest BCUT2D eigenvalue weighted by Crippen LogP contribution is -2.47. The maximum atomic E-state index is 12.4. The lowest BCUT2D eigenvalue weighted by Gasteiger charge is -2.37. The Morgan fingerprint density at radius 3 is 2.86 bits per heavy atom. The quantitative estimate of drug-likeness (QED) is 0.765. The van der Waals surface area contributed by atoms with Gasteiger partial charge in [-0.3, -0.25) is 4.79 Å². The summed E-state index contributed by atoms with van der Waals surface area (Å²) in [5, 5.41) is 9.72. The summed E-state index contributed by atoms with van der Waals surface area (Å²) in [6.07, 6.45) is 4.75. The number of carbonyl (C=O) groups is 1. The summed E-state index contributed by atoms with van der Waals surface area (Å²) in [5.41, 5.74) is -0.480. The highest BCUT2D eigenvalue weighted by Crippen LogP contribution is 2.40. The smallest absolute Gasteiger partial charge is 0.310 e. The first-order valence-electron chi connectivity index (χ1n) is 6.60. The first-order chi connectivity index (χ1) is 9.95. The fraction of sp³-hybridized carbons (Fsp3) is 0.385. The molecule has 1 saturated carbocycles. The van der Waals surface area contributed by atoms with Crippen LogP contribution in [-0.2, 0) is 14.8 Å². The molecule has 7 nitrogen and oxygen atoms in total. The van der Waals surface area contributed by atoms with Gasteiger partial charge in [-0.2, -0.15) is 0 Å². The SMILES string of the molecule is O=C(O)C1(CNS(=O)(=O)c2c[nH]c3ncccc23)CCC1. The van der Waals surface area contributed by atoms with E-state index in [1.807, 2.05) is 0 Å². The van der Waals surface area contributed by atoms with Gasteiger partial charge in [0.25, 0.3) is 0 Å². The second-order valence-electron chi connectivity index (χ2n) is 5.32. The van der Waals surface area contributed by atoms with E-state index in [0.29, 0.717) is 23.9 Å². The molecule has 3 rings (SSSR count). The maximum Gasteiger partial charge on any atom is 0.310 e. The van der Waals surface area contributed by atoms with Crippen molar-refractivity contribution < 1.29 is 18.3 Å². The van der Waals surface area contributed by atoms with Crippen molar-refractivity contribution in [2.24, 2.45) is 5.41 Å². The van der Waals surface area contributed by atoms with Crippen molar-refractivity contribution in [3.63, 3.8) is 0 Å². The molecule has 0 spiro atoms. The van der Waals surface area contributed by atoms with Crippen LogP contribution in [0.15, 0.2) is 29.4 Å². The Balaban J connectivity index is 1.86. The molecule has 2 aromatic heterocycles. The van der Waals surface area contributed by atoms with Crippen LogP contribution in [0.2, 0.25) is 0 Å². The van der Waals surface area contributed by atoms with Gasteiger partial charge in [-0.25, -0.2) is 18.1 Å².